The van der Waals surface area contributed by atoms with E-state index in [0.29, 0.717) is 0 Å². The molecule has 0 spiro atoms. The van der Waals surface area contributed by atoms with E-state index in [-0.39, 0.29) is 11.9 Å². The predicted octanol–water partition coefficient (Wildman–Crippen LogP) is 1.08. The van der Waals surface area contributed by atoms with Crippen molar-refractivity contribution in [3.8, 4) is 0 Å². The Labute approximate surface area is 115 Å². The van der Waals surface area contributed by atoms with Crippen molar-refractivity contribution in [2.45, 2.75) is 13.0 Å². The minimum Gasteiger partial charge on any atom is -0.324 e. The van der Waals surface area contributed by atoms with E-state index >= 15 is 0 Å². The molecule has 1 fully saturated rings. The van der Waals surface area contributed by atoms with Crippen molar-refractivity contribution in [2.24, 2.45) is 0 Å². The van der Waals surface area contributed by atoms with Crippen LogP contribution in [-0.2, 0) is 4.79 Å². The van der Waals surface area contributed by atoms with Gasteiger partial charge in [-0.05, 0) is 28.9 Å². The molecule has 2 heterocycles. The molecule has 0 aromatic carbocycles. The van der Waals surface area contributed by atoms with E-state index in [1.165, 1.54) is 0 Å². The molecule has 1 aromatic heterocycles. The van der Waals surface area contributed by atoms with Gasteiger partial charge in [0.05, 0.1) is 16.2 Å². The number of anilines is 1. The van der Waals surface area contributed by atoms with Crippen molar-refractivity contribution in [1.82, 2.24) is 15.2 Å². The molecule has 1 unspecified atom stereocenters. The summed E-state index contributed by atoms with van der Waals surface area (Å²) in [6, 6.07) is 1.67. The molecule has 0 aliphatic carbocycles. The summed E-state index contributed by atoms with van der Waals surface area (Å²) in [5.41, 5.74) is 0.761. The van der Waals surface area contributed by atoms with Crippen LogP contribution in [0.25, 0.3) is 0 Å². The Morgan fingerprint density at radius 3 is 2.94 bits per heavy atom. The van der Waals surface area contributed by atoms with Crippen molar-refractivity contribution in [1.29, 1.82) is 0 Å². The Morgan fingerprint density at radius 2 is 2.28 bits per heavy atom. The van der Waals surface area contributed by atoms with Crippen molar-refractivity contribution < 1.29 is 4.79 Å². The first kappa shape index (κ1) is 13.5. The molecule has 6 heteroatoms. The van der Waals surface area contributed by atoms with E-state index in [9.17, 15) is 4.79 Å². The quantitative estimate of drug-likeness (QED) is 0.877. The van der Waals surface area contributed by atoms with Gasteiger partial charge in [-0.25, -0.2) is 0 Å². The van der Waals surface area contributed by atoms with Gasteiger partial charge in [-0.2, -0.15) is 0 Å². The van der Waals surface area contributed by atoms with Gasteiger partial charge < -0.3 is 10.6 Å². The number of carbonyl (C=O) groups excluding carboxylic acids is 1. The number of nitrogens with zero attached hydrogens (tertiary/aromatic N) is 2. The monoisotopic (exact) mass is 312 g/mol. The number of piperazine rings is 1. The predicted molar refractivity (Wildman–Crippen MR) is 74.5 cm³/mol. The number of pyridine rings is 1. The average Bonchev–Trinajstić information content (AvgIpc) is 2.41. The molecule has 1 aliphatic heterocycles. The fourth-order valence-electron chi connectivity index (χ4n) is 1.95. The Morgan fingerprint density at radius 1 is 1.56 bits per heavy atom. The minimum atomic E-state index is -0.118. The zero-order valence-electron chi connectivity index (χ0n) is 10.3. The summed E-state index contributed by atoms with van der Waals surface area (Å²) in [6.45, 7) is 5.64. The number of hydrogen-bond acceptors (Lipinski definition) is 4. The first-order valence-electron chi connectivity index (χ1n) is 6.03. The topological polar surface area (TPSA) is 57.3 Å². The summed E-state index contributed by atoms with van der Waals surface area (Å²) in [6.07, 6.45) is 3.33. The van der Waals surface area contributed by atoms with Crippen LogP contribution in [-0.4, -0.2) is 48.0 Å². The highest BCUT2D eigenvalue weighted by atomic mass is 79.9. The van der Waals surface area contributed by atoms with Crippen LogP contribution in [0, 0.1) is 0 Å². The van der Waals surface area contributed by atoms with Gasteiger partial charge in [0.1, 0.15) is 0 Å². The number of hydrogen-bond donors (Lipinski definition) is 2. The summed E-state index contributed by atoms with van der Waals surface area (Å²) in [4.78, 5) is 18.3. The Balaban J connectivity index is 1.97. The zero-order valence-corrected chi connectivity index (χ0v) is 11.9. The van der Waals surface area contributed by atoms with Crippen LogP contribution in [0.4, 0.5) is 5.69 Å². The van der Waals surface area contributed by atoms with Gasteiger partial charge in [-0.3, -0.25) is 14.7 Å². The maximum Gasteiger partial charge on any atom is 0.241 e. The fraction of sp³-hybridized carbons (Fsp3) is 0.500. The van der Waals surface area contributed by atoms with Gasteiger partial charge in [0.25, 0.3) is 0 Å². The molecule has 1 aliphatic rings. The third-order valence-electron chi connectivity index (χ3n) is 3.11. The van der Waals surface area contributed by atoms with Crippen molar-refractivity contribution in [2.75, 3.05) is 31.5 Å². The first-order chi connectivity index (χ1) is 8.68. The van der Waals surface area contributed by atoms with Crippen LogP contribution >= 0.6 is 15.9 Å². The SMILES string of the molecule is CC(C(=O)Nc1ccncc1Br)N1CCNCC1. The second-order valence-corrected chi connectivity index (χ2v) is 5.16. The Hall–Kier alpha value is -0.980. The highest BCUT2D eigenvalue weighted by Crippen LogP contribution is 2.20. The Kier molecular flexibility index (Phi) is 4.68. The molecule has 0 bridgehead atoms. The normalized spacial score (nSPS) is 18.3. The summed E-state index contributed by atoms with van der Waals surface area (Å²) in [7, 11) is 0. The van der Waals surface area contributed by atoms with Crippen LogP contribution in [0.3, 0.4) is 0 Å². The van der Waals surface area contributed by atoms with Crippen LogP contribution < -0.4 is 10.6 Å². The van der Waals surface area contributed by atoms with E-state index < -0.39 is 0 Å². The van der Waals surface area contributed by atoms with Gasteiger partial charge in [0.2, 0.25) is 5.91 Å². The number of nitrogens with one attached hydrogen (secondary N) is 2. The summed E-state index contributed by atoms with van der Waals surface area (Å²) in [5, 5.41) is 6.20. The first-order valence-corrected chi connectivity index (χ1v) is 6.83. The van der Waals surface area contributed by atoms with Gasteiger partial charge >= 0.3 is 0 Å². The maximum absolute atomic E-state index is 12.1. The number of amides is 1. The minimum absolute atomic E-state index is 0.0174. The summed E-state index contributed by atoms with van der Waals surface area (Å²) in [5.74, 6) is 0.0174. The number of rotatable bonds is 3. The van der Waals surface area contributed by atoms with E-state index in [4.69, 9.17) is 0 Å². The number of carbonyl (C=O) groups is 1. The molecule has 98 valence electrons. The molecular formula is C12H17BrN4O. The van der Waals surface area contributed by atoms with Gasteiger partial charge in [-0.15, -0.1) is 0 Å². The fourth-order valence-corrected chi connectivity index (χ4v) is 2.30. The average molecular weight is 313 g/mol. The molecule has 1 aromatic rings. The van der Waals surface area contributed by atoms with Crippen molar-refractivity contribution in [3.05, 3.63) is 22.9 Å². The molecule has 2 N–H and O–H groups in total. The lowest BCUT2D eigenvalue weighted by molar-refractivity contribution is -0.120. The molecule has 0 radical (unpaired) electrons. The molecule has 5 nitrogen and oxygen atoms in total. The molecule has 1 amide bonds. The van der Waals surface area contributed by atoms with E-state index in [0.717, 1.165) is 36.3 Å². The summed E-state index contributed by atoms with van der Waals surface area (Å²) >= 11 is 3.37. The van der Waals surface area contributed by atoms with E-state index in [1.807, 2.05) is 6.92 Å². The Bertz CT molecular complexity index is 420. The van der Waals surface area contributed by atoms with Crippen molar-refractivity contribution in [3.63, 3.8) is 0 Å². The van der Waals surface area contributed by atoms with Crippen molar-refractivity contribution >= 4 is 27.5 Å². The van der Waals surface area contributed by atoms with Gasteiger partial charge in [-0.1, -0.05) is 0 Å². The lowest BCUT2D eigenvalue weighted by Crippen LogP contribution is -2.51. The smallest absolute Gasteiger partial charge is 0.241 e. The van der Waals surface area contributed by atoms with Crippen LogP contribution in [0.2, 0.25) is 0 Å². The number of aromatic nitrogens is 1. The second kappa shape index (κ2) is 6.26. The largest absolute Gasteiger partial charge is 0.324 e. The molecule has 0 saturated carbocycles. The summed E-state index contributed by atoms with van der Waals surface area (Å²) < 4.78 is 0.797. The van der Waals surface area contributed by atoms with Gasteiger partial charge in [0.15, 0.2) is 0 Å². The molecule has 2 rings (SSSR count). The third-order valence-corrected chi connectivity index (χ3v) is 3.74. The highest BCUT2D eigenvalue weighted by molar-refractivity contribution is 9.10. The third kappa shape index (κ3) is 3.28. The van der Waals surface area contributed by atoms with Crippen LogP contribution in [0.15, 0.2) is 22.9 Å². The lowest BCUT2D eigenvalue weighted by Gasteiger charge is -2.31. The second-order valence-electron chi connectivity index (χ2n) is 4.31. The lowest BCUT2D eigenvalue weighted by atomic mass is 10.2. The zero-order chi connectivity index (χ0) is 13.0. The van der Waals surface area contributed by atoms with E-state index in [2.05, 4.69) is 36.4 Å². The molecule has 1 atom stereocenters. The standard InChI is InChI=1S/C12H17BrN4O/c1-9(17-6-4-14-5-7-17)12(18)16-11-2-3-15-8-10(11)13/h2-3,8-9,14H,4-7H2,1H3,(H,15,16,18). The van der Waals surface area contributed by atoms with E-state index in [1.54, 1.807) is 18.5 Å². The maximum atomic E-state index is 12.1. The molecule has 18 heavy (non-hydrogen) atoms. The molecule has 1 saturated heterocycles. The van der Waals surface area contributed by atoms with Crippen LogP contribution in [0.5, 0.6) is 0 Å². The van der Waals surface area contributed by atoms with Gasteiger partial charge in [0, 0.05) is 38.6 Å². The highest BCUT2D eigenvalue weighted by Gasteiger charge is 2.22. The number of halogens is 1. The van der Waals surface area contributed by atoms with Crippen LogP contribution in [0.1, 0.15) is 6.92 Å². The molecular weight excluding hydrogens is 296 g/mol.